The van der Waals surface area contributed by atoms with Crippen LogP contribution in [-0.2, 0) is 28.7 Å². The Bertz CT molecular complexity index is 1250. The number of likely N-dealkylation sites (N-methyl/N-ethyl adjacent to an activating group) is 1. The molecule has 276 valence electrons. The lowest BCUT2D eigenvalue weighted by Gasteiger charge is -2.44. The zero-order valence-corrected chi connectivity index (χ0v) is 30.2. The number of hydrogen-bond donors (Lipinski definition) is 3. The van der Waals surface area contributed by atoms with E-state index in [2.05, 4.69) is 19.2 Å². The predicted molar refractivity (Wildman–Crippen MR) is 183 cm³/mol. The molecule has 4 amide bonds. The van der Waals surface area contributed by atoms with Gasteiger partial charge in [-0.2, -0.15) is 0 Å². The summed E-state index contributed by atoms with van der Waals surface area (Å²) in [5.41, 5.74) is 0.846. The summed E-state index contributed by atoms with van der Waals surface area (Å²) in [7, 11) is 4.55. The predicted octanol–water partition coefficient (Wildman–Crippen LogP) is 0.512. The summed E-state index contributed by atoms with van der Waals surface area (Å²) in [4.78, 5) is 59.8. The normalized spacial score (nSPS) is 26.9. The van der Waals surface area contributed by atoms with Crippen LogP contribution >= 0.6 is 0 Å². The van der Waals surface area contributed by atoms with Crippen LogP contribution in [-0.4, -0.2) is 158 Å². The lowest BCUT2D eigenvalue weighted by molar-refractivity contribution is -0.145. The molecule has 3 rings (SSSR count). The first-order valence-corrected chi connectivity index (χ1v) is 17.2. The average molecular weight is 692 g/mol. The number of hydrogen-bond acceptors (Lipinski definition) is 10. The summed E-state index contributed by atoms with van der Waals surface area (Å²) in [6.07, 6.45) is -2.20. The Balaban J connectivity index is 2.08. The number of benzene rings is 1. The number of carbonyl (C=O) groups is 4. The van der Waals surface area contributed by atoms with Gasteiger partial charge in [-0.25, -0.2) is 0 Å². The Hall–Kier alpha value is -3.30. The average Bonchev–Trinajstić information content (AvgIpc) is 3.08. The number of aliphatic hydroxyl groups excluding tert-OH is 2. The van der Waals surface area contributed by atoms with Gasteiger partial charge in [-0.1, -0.05) is 26.0 Å². The van der Waals surface area contributed by atoms with E-state index >= 15 is 0 Å². The molecule has 14 heteroatoms. The second kappa shape index (κ2) is 19.2. The Labute approximate surface area is 290 Å². The number of ether oxygens (including phenoxy) is 3. The maximum atomic E-state index is 14.6. The highest BCUT2D eigenvalue weighted by Gasteiger charge is 2.39. The molecule has 0 radical (unpaired) electrons. The lowest BCUT2D eigenvalue weighted by Crippen LogP contribution is -2.61. The van der Waals surface area contributed by atoms with Crippen LogP contribution < -0.4 is 10.1 Å². The molecule has 3 N–H and O–H groups in total. The number of carbonyl (C=O) groups excluding carboxylic acids is 4. The Morgan fingerprint density at radius 2 is 1.71 bits per heavy atom. The minimum atomic E-state index is -1.29. The van der Waals surface area contributed by atoms with Crippen molar-refractivity contribution in [2.75, 3.05) is 80.3 Å². The highest BCUT2D eigenvalue weighted by molar-refractivity contribution is 5.87. The van der Waals surface area contributed by atoms with Crippen molar-refractivity contribution in [3.8, 4) is 5.75 Å². The SMILES string of the molecule is CNC(=O)C1CN(CC(=O)N2CCCCOC[C@H](O)[C@H](O)[C@@H](OC)CN(C(C)=O)C[C@H](C(C)C)[C@H]2c2cccc(OC)c2)CCN1C(C)=O. The number of aliphatic hydroxyl groups is 2. The molecular formula is C35H57N5O9. The van der Waals surface area contributed by atoms with Gasteiger partial charge in [-0.15, -0.1) is 0 Å². The number of nitrogens with one attached hydrogen (secondary N) is 1. The van der Waals surface area contributed by atoms with E-state index in [1.54, 1.807) is 12.0 Å². The van der Waals surface area contributed by atoms with E-state index in [4.69, 9.17) is 14.2 Å². The first kappa shape index (κ1) is 40.1. The van der Waals surface area contributed by atoms with Gasteiger partial charge in [0, 0.05) is 79.8 Å². The largest absolute Gasteiger partial charge is 0.497 e. The quantitative estimate of drug-likeness (QED) is 0.368. The first-order valence-electron chi connectivity index (χ1n) is 17.2. The number of methoxy groups -OCH3 is 2. The molecule has 0 aliphatic carbocycles. The Morgan fingerprint density at radius 1 is 0.980 bits per heavy atom. The first-order chi connectivity index (χ1) is 23.3. The molecule has 49 heavy (non-hydrogen) atoms. The molecule has 1 aromatic carbocycles. The summed E-state index contributed by atoms with van der Waals surface area (Å²) >= 11 is 0. The highest BCUT2D eigenvalue weighted by atomic mass is 16.5. The second-order valence-electron chi connectivity index (χ2n) is 13.3. The molecule has 2 aliphatic heterocycles. The minimum Gasteiger partial charge on any atom is -0.497 e. The van der Waals surface area contributed by atoms with Crippen LogP contribution in [0.3, 0.4) is 0 Å². The van der Waals surface area contributed by atoms with Crippen LogP contribution in [0.2, 0.25) is 0 Å². The van der Waals surface area contributed by atoms with Crippen LogP contribution in [0.1, 0.15) is 52.1 Å². The van der Waals surface area contributed by atoms with Crippen molar-refractivity contribution in [3.05, 3.63) is 29.8 Å². The fourth-order valence-electron chi connectivity index (χ4n) is 6.77. The van der Waals surface area contributed by atoms with Crippen LogP contribution in [0.15, 0.2) is 24.3 Å². The van der Waals surface area contributed by atoms with E-state index in [0.29, 0.717) is 44.8 Å². The van der Waals surface area contributed by atoms with E-state index < -0.39 is 30.4 Å². The molecule has 2 saturated heterocycles. The summed E-state index contributed by atoms with van der Waals surface area (Å²) in [6.45, 7) is 8.84. The smallest absolute Gasteiger partial charge is 0.243 e. The maximum absolute atomic E-state index is 14.6. The van der Waals surface area contributed by atoms with Gasteiger partial charge >= 0.3 is 0 Å². The van der Waals surface area contributed by atoms with Crippen LogP contribution in [0.25, 0.3) is 0 Å². The van der Waals surface area contributed by atoms with Gasteiger partial charge in [0.25, 0.3) is 0 Å². The van der Waals surface area contributed by atoms with Gasteiger partial charge < -0.3 is 44.4 Å². The van der Waals surface area contributed by atoms with Crippen molar-refractivity contribution in [1.82, 2.24) is 24.9 Å². The van der Waals surface area contributed by atoms with Crippen molar-refractivity contribution >= 4 is 23.6 Å². The van der Waals surface area contributed by atoms with Gasteiger partial charge in [0.1, 0.15) is 30.1 Å². The molecule has 1 aromatic rings. The van der Waals surface area contributed by atoms with Gasteiger partial charge in [-0.05, 0) is 36.5 Å². The molecular weight excluding hydrogens is 634 g/mol. The number of nitrogens with zero attached hydrogens (tertiary/aromatic N) is 4. The summed E-state index contributed by atoms with van der Waals surface area (Å²) in [5, 5.41) is 24.2. The Kier molecular flexibility index (Phi) is 15.7. The van der Waals surface area contributed by atoms with Gasteiger partial charge in [0.15, 0.2) is 0 Å². The molecule has 2 heterocycles. The Morgan fingerprint density at radius 3 is 2.33 bits per heavy atom. The minimum absolute atomic E-state index is 0.0133. The number of rotatable bonds is 7. The summed E-state index contributed by atoms with van der Waals surface area (Å²) < 4.78 is 16.9. The van der Waals surface area contributed by atoms with Gasteiger partial charge in [0.2, 0.25) is 23.6 Å². The van der Waals surface area contributed by atoms with E-state index in [1.807, 2.05) is 34.1 Å². The standard InChI is InChI=1S/C35H57N5O9/c1-23(2)28-18-38(24(3)41)20-31(48-7)34(45)30(43)22-49-16-9-8-13-40(33(28)26-11-10-12-27(17-26)47-6)32(44)21-37-14-15-39(25(4)42)29(19-37)35(46)36-5/h10-12,17,23,28-31,33-34,43,45H,8-9,13-16,18-22H2,1-7H3,(H,36,46)/t28-,29?,30+,31+,33-,34+/m1/s1. The zero-order chi connectivity index (χ0) is 36.2. The van der Waals surface area contributed by atoms with Crippen LogP contribution in [0.4, 0.5) is 0 Å². The third kappa shape index (κ3) is 10.8. The summed E-state index contributed by atoms with van der Waals surface area (Å²) in [6, 6.07) is 6.40. The lowest BCUT2D eigenvalue weighted by atomic mass is 9.82. The molecule has 2 aliphatic rings. The number of piperazine rings is 1. The van der Waals surface area contributed by atoms with E-state index in [1.165, 1.54) is 32.9 Å². The van der Waals surface area contributed by atoms with E-state index in [9.17, 15) is 29.4 Å². The monoisotopic (exact) mass is 691 g/mol. The van der Waals surface area contributed by atoms with Crippen molar-refractivity contribution in [1.29, 1.82) is 0 Å². The third-order valence-corrected chi connectivity index (χ3v) is 9.71. The highest BCUT2D eigenvalue weighted by Crippen LogP contribution is 2.37. The molecule has 2 fully saturated rings. The molecule has 0 spiro atoms. The van der Waals surface area contributed by atoms with Crippen molar-refractivity contribution in [2.45, 2.75) is 70.9 Å². The van der Waals surface area contributed by atoms with E-state index in [0.717, 1.165) is 5.56 Å². The molecule has 6 atom stereocenters. The molecule has 0 saturated carbocycles. The fourth-order valence-corrected chi connectivity index (χ4v) is 6.77. The van der Waals surface area contributed by atoms with Crippen molar-refractivity contribution in [3.63, 3.8) is 0 Å². The van der Waals surface area contributed by atoms with Crippen LogP contribution in [0.5, 0.6) is 5.75 Å². The fraction of sp³-hybridized carbons (Fsp3) is 0.714. The van der Waals surface area contributed by atoms with Crippen molar-refractivity contribution in [2.24, 2.45) is 11.8 Å². The molecule has 0 bridgehead atoms. The summed E-state index contributed by atoms with van der Waals surface area (Å²) in [5.74, 6) is -0.521. The molecule has 0 aromatic heterocycles. The van der Waals surface area contributed by atoms with Crippen molar-refractivity contribution < 1.29 is 43.6 Å². The molecule has 14 nitrogen and oxygen atoms in total. The second-order valence-corrected chi connectivity index (χ2v) is 13.3. The van der Waals surface area contributed by atoms with Gasteiger partial charge in [0.05, 0.1) is 26.3 Å². The zero-order valence-electron chi connectivity index (χ0n) is 30.2. The van der Waals surface area contributed by atoms with Gasteiger partial charge in [-0.3, -0.25) is 24.1 Å². The molecule has 1 unspecified atom stereocenters. The topological polar surface area (TPSA) is 161 Å². The maximum Gasteiger partial charge on any atom is 0.243 e. The van der Waals surface area contributed by atoms with Crippen LogP contribution in [0, 0.1) is 11.8 Å². The third-order valence-electron chi connectivity index (χ3n) is 9.71. The number of amides is 4. The van der Waals surface area contributed by atoms with E-state index in [-0.39, 0.29) is 68.3 Å².